The van der Waals surface area contributed by atoms with E-state index in [4.69, 9.17) is 0 Å². The van der Waals surface area contributed by atoms with Gasteiger partial charge in [0, 0.05) is 30.7 Å². The molecule has 1 aliphatic carbocycles. The first-order valence-corrected chi connectivity index (χ1v) is 8.51. The van der Waals surface area contributed by atoms with E-state index < -0.39 is 0 Å². The van der Waals surface area contributed by atoms with Gasteiger partial charge >= 0.3 is 0 Å². The zero-order valence-corrected chi connectivity index (χ0v) is 13.2. The third-order valence-electron chi connectivity index (χ3n) is 5.33. The van der Waals surface area contributed by atoms with Crippen molar-refractivity contribution < 1.29 is 0 Å². The van der Waals surface area contributed by atoms with E-state index in [1.165, 1.54) is 31.4 Å². The van der Waals surface area contributed by atoms with Crippen molar-refractivity contribution in [2.24, 2.45) is 5.92 Å². The van der Waals surface area contributed by atoms with Gasteiger partial charge in [-0.2, -0.15) is 11.3 Å². The number of piperazine rings is 1. The molecule has 2 unspecified atom stereocenters. The Balaban J connectivity index is 1.80. The average molecular weight is 278 g/mol. The van der Waals surface area contributed by atoms with Gasteiger partial charge in [0.15, 0.2) is 0 Å². The second-order valence-corrected chi connectivity index (χ2v) is 7.67. The highest BCUT2D eigenvalue weighted by atomic mass is 32.1. The molecule has 0 spiro atoms. The van der Waals surface area contributed by atoms with Crippen molar-refractivity contribution in [1.29, 1.82) is 0 Å². The van der Waals surface area contributed by atoms with Crippen LogP contribution in [0.1, 0.15) is 45.6 Å². The lowest BCUT2D eigenvalue weighted by molar-refractivity contribution is -0.00125. The maximum absolute atomic E-state index is 3.83. The van der Waals surface area contributed by atoms with Crippen LogP contribution in [-0.4, -0.2) is 29.1 Å². The van der Waals surface area contributed by atoms with Gasteiger partial charge in [0.05, 0.1) is 0 Å². The molecule has 0 amide bonds. The van der Waals surface area contributed by atoms with Crippen molar-refractivity contribution in [2.75, 3.05) is 13.1 Å². The molecule has 2 heterocycles. The smallest absolute Gasteiger partial charge is 0.0338 e. The van der Waals surface area contributed by atoms with Gasteiger partial charge in [-0.3, -0.25) is 4.90 Å². The molecule has 1 aromatic heterocycles. The molecule has 2 atom stereocenters. The standard InChI is InChI=1S/C16H26N2S/c1-4-15(2)12-18(9-13-7-8-19-10-13)16(3,11-17-15)14-5-6-14/h7-8,10,14,17H,4-6,9,11-12H2,1-3H3. The average Bonchev–Trinajstić information content (AvgIpc) is 3.14. The number of rotatable bonds is 4. The quantitative estimate of drug-likeness (QED) is 0.907. The molecular weight excluding hydrogens is 252 g/mol. The molecule has 106 valence electrons. The summed E-state index contributed by atoms with van der Waals surface area (Å²) in [6.07, 6.45) is 4.04. The van der Waals surface area contributed by atoms with Gasteiger partial charge < -0.3 is 5.32 Å². The molecule has 19 heavy (non-hydrogen) atoms. The summed E-state index contributed by atoms with van der Waals surface area (Å²) in [5, 5.41) is 8.33. The summed E-state index contributed by atoms with van der Waals surface area (Å²) >= 11 is 1.82. The second kappa shape index (κ2) is 4.87. The molecule has 0 aromatic carbocycles. The Labute approximate surface area is 121 Å². The van der Waals surface area contributed by atoms with E-state index in [9.17, 15) is 0 Å². The number of hydrogen-bond donors (Lipinski definition) is 1. The molecule has 3 heteroatoms. The highest BCUT2D eigenvalue weighted by molar-refractivity contribution is 7.07. The molecule has 3 rings (SSSR count). The van der Waals surface area contributed by atoms with Crippen molar-refractivity contribution in [3.63, 3.8) is 0 Å². The second-order valence-electron chi connectivity index (χ2n) is 6.89. The zero-order chi connectivity index (χ0) is 13.5. The van der Waals surface area contributed by atoms with Gasteiger partial charge in [0.1, 0.15) is 0 Å². The van der Waals surface area contributed by atoms with E-state index in [1.54, 1.807) is 0 Å². The number of nitrogens with one attached hydrogen (secondary N) is 1. The number of hydrogen-bond acceptors (Lipinski definition) is 3. The Morgan fingerprint density at radius 3 is 2.79 bits per heavy atom. The van der Waals surface area contributed by atoms with Gasteiger partial charge in [-0.05, 0) is 61.4 Å². The van der Waals surface area contributed by atoms with Crippen molar-refractivity contribution in [3.8, 4) is 0 Å². The molecule has 0 radical (unpaired) electrons. The summed E-state index contributed by atoms with van der Waals surface area (Å²) in [5.41, 5.74) is 2.12. The third kappa shape index (κ3) is 2.61. The summed E-state index contributed by atoms with van der Waals surface area (Å²) in [5.74, 6) is 0.903. The SMILES string of the molecule is CCC1(C)CN(Cc2ccsc2)C(C)(C2CC2)CN1. The molecule has 1 aliphatic heterocycles. The normalized spacial score (nSPS) is 36.6. The Kier molecular flexibility index (Phi) is 3.48. The van der Waals surface area contributed by atoms with E-state index in [1.807, 2.05) is 11.3 Å². The summed E-state index contributed by atoms with van der Waals surface area (Å²) in [6, 6.07) is 2.28. The molecule has 2 fully saturated rings. The first kappa shape index (κ1) is 13.6. The van der Waals surface area contributed by atoms with Crippen LogP contribution in [0.15, 0.2) is 16.8 Å². The van der Waals surface area contributed by atoms with Crippen LogP contribution in [0, 0.1) is 5.92 Å². The monoisotopic (exact) mass is 278 g/mol. The van der Waals surface area contributed by atoms with E-state index in [0.29, 0.717) is 5.54 Å². The first-order chi connectivity index (χ1) is 9.06. The van der Waals surface area contributed by atoms with Crippen LogP contribution in [-0.2, 0) is 6.54 Å². The number of nitrogens with zero attached hydrogens (tertiary/aromatic N) is 1. The summed E-state index contributed by atoms with van der Waals surface area (Å²) in [4.78, 5) is 2.76. The fourth-order valence-electron chi connectivity index (χ4n) is 3.35. The largest absolute Gasteiger partial charge is 0.308 e. The minimum absolute atomic E-state index is 0.282. The van der Waals surface area contributed by atoms with Crippen LogP contribution < -0.4 is 5.32 Å². The fraction of sp³-hybridized carbons (Fsp3) is 0.750. The van der Waals surface area contributed by atoms with Gasteiger partial charge in [0.25, 0.3) is 0 Å². The van der Waals surface area contributed by atoms with Crippen molar-refractivity contribution in [2.45, 2.75) is 57.7 Å². The van der Waals surface area contributed by atoms with E-state index in [-0.39, 0.29) is 5.54 Å². The minimum Gasteiger partial charge on any atom is -0.308 e. The lowest BCUT2D eigenvalue weighted by Crippen LogP contribution is -2.68. The van der Waals surface area contributed by atoms with Crippen LogP contribution in [0.2, 0.25) is 0 Å². The van der Waals surface area contributed by atoms with Gasteiger partial charge in [-0.25, -0.2) is 0 Å². The third-order valence-corrected chi connectivity index (χ3v) is 6.06. The highest BCUT2D eigenvalue weighted by Crippen LogP contribution is 2.45. The lowest BCUT2D eigenvalue weighted by atomic mass is 9.84. The highest BCUT2D eigenvalue weighted by Gasteiger charge is 2.50. The van der Waals surface area contributed by atoms with Crippen molar-refractivity contribution in [1.82, 2.24) is 10.2 Å². The minimum atomic E-state index is 0.282. The predicted octanol–water partition coefficient (Wildman–Crippen LogP) is 3.49. The van der Waals surface area contributed by atoms with Gasteiger partial charge in [0.2, 0.25) is 0 Å². The molecule has 1 aromatic rings. The summed E-state index contributed by atoms with van der Waals surface area (Å²) < 4.78 is 0. The van der Waals surface area contributed by atoms with E-state index in [0.717, 1.165) is 19.0 Å². The van der Waals surface area contributed by atoms with Crippen molar-refractivity contribution >= 4 is 11.3 Å². The molecule has 0 bridgehead atoms. The van der Waals surface area contributed by atoms with Crippen LogP contribution in [0.4, 0.5) is 0 Å². The van der Waals surface area contributed by atoms with E-state index in [2.05, 4.69) is 47.8 Å². The Bertz CT molecular complexity index is 426. The summed E-state index contributed by atoms with van der Waals surface area (Å²) in [7, 11) is 0. The van der Waals surface area contributed by atoms with Crippen LogP contribution >= 0.6 is 11.3 Å². The summed E-state index contributed by atoms with van der Waals surface area (Å²) in [6.45, 7) is 10.6. The van der Waals surface area contributed by atoms with E-state index >= 15 is 0 Å². The zero-order valence-electron chi connectivity index (χ0n) is 12.4. The fourth-order valence-corrected chi connectivity index (χ4v) is 4.01. The molecule has 1 saturated heterocycles. The Morgan fingerprint density at radius 1 is 1.42 bits per heavy atom. The number of thiophene rings is 1. The molecule has 1 saturated carbocycles. The van der Waals surface area contributed by atoms with Crippen molar-refractivity contribution in [3.05, 3.63) is 22.4 Å². The Morgan fingerprint density at radius 2 is 2.21 bits per heavy atom. The maximum atomic E-state index is 3.83. The predicted molar refractivity (Wildman–Crippen MR) is 82.6 cm³/mol. The molecule has 2 aliphatic rings. The van der Waals surface area contributed by atoms with Crippen LogP contribution in [0.5, 0.6) is 0 Å². The van der Waals surface area contributed by atoms with Gasteiger partial charge in [-0.15, -0.1) is 0 Å². The lowest BCUT2D eigenvalue weighted by Gasteiger charge is -2.52. The first-order valence-electron chi connectivity index (χ1n) is 7.57. The van der Waals surface area contributed by atoms with Crippen LogP contribution in [0.25, 0.3) is 0 Å². The molecular formula is C16H26N2S. The maximum Gasteiger partial charge on any atom is 0.0338 e. The van der Waals surface area contributed by atoms with Gasteiger partial charge in [-0.1, -0.05) is 6.92 Å². The topological polar surface area (TPSA) is 15.3 Å². The molecule has 2 nitrogen and oxygen atoms in total. The van der Waals surface area contributed by atoms with Crippen LogP contribution in [0.3, 0.4) is 0 Å². The Hall–Kier alpha value is -0.380. The molecule has 1 N–H and O–H groups in total.